The molecule has 0 saturated heterocycles. The van der Waals surface area contributed by atoms with E-state index in [0.29, 0.717) is 11.3 Å². The van der Waals surface area contributed by atoms with Gasteiger partial charge in [-0.1, -0.05) is 54.2 Å². The number of fused-ring (bicyclic) bond motifs is 1. The standard InChI is InChI=1S/C19H16N2O3S/c20-11-15-10-16(19(23)24)18(25-15)21-17(22)8-6-12-5-7-13-3-1-2-4-14(13)9-12/h1-5,7,9-10,16,18H,6,8H2,(H,21,22)(H,23,24). The van der Waals surface area contributed by atoms with Crippen LogP contribution in [-0.2, 0) is 16.0 Å². The van der Waals surface area contributed by atoms with Gasteiger partial charge in [-0.15, -0.1) is 0 Å². The van der Waals surface area contributed by atoms with Crippen LogP contribution in [-0.4, -0.2) is 22.4 Å². The molecular formula is C19H16N2O3S. The number of allylic oxidation sites excluding steroid dienone is 1. The summed E-state index contributed by atoms with van der Waals surface area (Å²) in [7, 11) is 0. The number of nitrogens with zero attached hydrogens (tertiary/aromatic N) is 1. The second kappa shape index (κ2) is 7.41. The summed E-state index contributed by atoms with van der Waals surface area (Å²) in [6, 6.07) is 16.0. The van der Waals surface area contributed by atoms with E-state index in [1.54, 1.807) is 0 Å². The number of amides is 1. The molecule has 0 bridgehead atoms. The molecule has 0 spiro atoms. The number of benzene rings is 2. The minimum absolute atomic E-state index is 0.218. The van der Waals surface area contributed by atoms with Gasteiger partial charge in [0.05, 0.1) is 10.3 Å². The largest absolute Gasteiger partial charge is 0.481 e. The maximum Gasteiger partial charge on any atom is 0.313 e. The van der Waals surface area contributed by atoms with Crippen LogP contribution in [0.25, 0.3) is 10.8 Å². The van der Waals surface area contributed by atoms with Crippen molar-refractivity contribution < 1.29 is 14.7 Å². The van der Waals surface area contributed by atoms with Crippen LogP contribution < -0.4 is 5.32 Å². The molecule has 0 aliphatic carbocycles. The van der Waals surface area contributed by atoms with E-state index in [4.69, 9.17) is 5.26 Å². The third-order valence-electron chi connectivity index (χ3n) is 4.06. The number of carbonyl (C=O) groups is 2. The molecule has 1 amide bonds. The number of carbonyl (C=O) groups excluding carboxylic acids is 1. The SMILES string of the molecule is N#CC1=CC(C(=O)O)C(NC(=O)CCc2ccc3ccccc3c2)S1. The molecule has 25 heavy (non-hydrogen) atoms. The minimum Gasteiger partial charge on any atom is -0.481 e. The summed E-state index contributed by atoms with van der Waals surface area (Å²) >= 11 is 1.09. The number of rotatable bonds is 5. The van der Waals surface area contributed by atoms with Crippen LogP contribution in [0.2, 0.25) is 0 Å². The fourth-order valence-corrected chi connectivity index (χ4v) is 3.85. The van der Waals surface area contributed by atoms with Crippen molar-refractivity contribution in [3.05, 3.63) is 59.0 Å². The van der Waals surface area contributed by atoms with Gasteiger partial charge in [0.15, 0.2) is 0 Å². The molecule has 2 N–H and O–H groups in total. The summed E-state index contributed by atoms with van der Waals surface area (Å²) in [6.45, 7) is 0. The molecule has 1 aliphatic rings. The van der Waals surface area contributed by atoms with Gasteiger partial charge in [0.2, 0.25) is 5.91 Å². The average Bonchev–Trinajstić information content (AvgIpc) is 3.03. The van der Waals surface area contributed by atoms with E-state index in [2.05, 4.69) is 11.4 Å². The Hall–Kier alpha value is -2.78. The molecule has 0 aromatic heterocycles. The highest BCUT2D eigenvalue weighted by atomic mass is 32.2. The van der Waals surface area contributed by atoms with Crippen molar-refractivity contribution in [2.24, 2.45) is 5.92 Å². The van der Waals surface area contributed by atoms with E-state index in [1.165, 1.54) is 6.08 Å². The first-order chi connectivity index (χ1) is 12.1. The molecular weight excluding hydrogens is 336 g/mol. The lowest BCUT2D eigenvalue weighted by molar-refractivity contribution is -0.140. The predicted octanol–water partition coefficient (Wildman–Crippen LogP) is 3.07. The first kappa shape index (κ1) is 17.1. The monoisotopic (exact) mass is 352 g/mol. The Morgan fingerprint density at radius 2 is 1.96 bits per heavy atom. The van der Waals surface area contributed by atoms with Crippen molar-refractivity contribution in [2.45, 2.75) is 18.2 Å². The molecule has 2 unspecified atom stereocenters. The molecule has 126 valence electrons. The van der Waals surface area contributed by atoms with Gasteiger partial charge in [0.25, 0.3) is 0 Å². The molecule has 6 heteroatoms. The highest BCUT2D eigenvalue weighted by molar-refractivity contribution is 8.04. The molecule has 0 radical (unpaired) electrons. The molecule has 2 aromatic carbocycles. The molecule has 2 aromatic rings. The normalized spacial score (nSPS) is 19.2. The smallest absolute Gasteiger partial charge is 0.313 e. The Balaban J connectivity index is 1.59. The zero-order valence-corrected chi connectivity index (χ0v) is 14.1. The van der Waals surface area contributed by atoms with Gasteiger partial charge < -0.3 is 10.4 Å². The predicted molar refractivity (Wildman–Crippen MR) is 96.6 cm³/mol. The van der Waals surface area contributed by atoms with Crippen LogP contribution >= 0.6 is 11.8 Å². The second-order valence-corrected chi connectivity index (χ2v) is 6.98. The summed E-state index contributed by atoms with van der Waals surface area (Å²) in [5.74, 6) is -2.13. The molecule has 0 saturated carbocycles. The number of carboxylic acids is 1. The van der Waals surface area contributed by atoms with Crippen molar-refractivity contribution in [1.29, 1.82) is 5.26 Å². The molecule has 5 nitrogen and oxygen atoms in total. The Kier molecular flexibility index (Phi) is 5.05. The van der Waals surface area contributed by atoms with Crippen LogP contribution in [0.4, 0.5) is 0 Å². The van der Waals surface area contributed by atoms with Crippen molar-refractivity contribution >= 4 is 34.4 Å². The van der Waals surface area contributed by atoms with Crippen LogP contribution in [0.1, 0.15) is 12.0 Å². The first-order valence-corrected chi connectivity index (χ1v) is 8.73. The fraction of sp³-hybridized carbons (Fsp3) is 0.211. The first-order valence-electron chi connectivity index (χ1n) is 7.85. The maximum atomic E-state index is 12.2. The van der Waals surface area contributed by atoms with Gasteiger partial charge in [-0.25, -0.2) is 0 Å². The molecule has 2 atom stereocenters. The van der Waals surface area contributed by atoms with E-state index in [9.17, 15) is 14.7 Å². The summed E-state index contributed by atoms with van der Waals surface area (Å²) in [5.41, 5.74) is 1.05. The number of aliphatic carboxylic acids is 1. The third kappa shape index (κ3) is 4.01. The number of hydrogen-bond acceptors (Lipinski definition) is 4. The number of aryl methyl sites for hydroxylation is 1. The summed E-state index contributed by atoms with van der Waals surface area (Å²) in [6.07, 6.45) is 2.23. The lowest BCUT2D eigenvalue weighted by Crippen LogP contribution is -2.38. The Morgan fingerprint density at radius 1 is 1.20 bits per heavy atom. The van der Waals surface area contributed by atoms with Crippen LogP contribution in [0.5, 0.6) is 0 Å². The minimum atomic E-state index is -1.04. The van der Waals surface area contributed by atoms with Crippen molar-refractivity contribution in [1.82, 2.24) is 5.32 Å². The quantitative estimate of drug-likeness (QED) is 0.863. The number of carboxylic acid groups (broad SMARTS) is 1. The Morgan fingerprint density at radius 3 is 2.68 bits per heavy atom. The molecule has 1 heterocycles. The number of thioether (sulfide) groups is 1. The van der Waals surface area contributed by atoms with Gasteiger partial charge in [-0.2, -0.15) is 5.26 Å². The zero-order valence-electron chi connectivity index (χ0n) is 13.3. The number of nitriles is 1. The van der Waals surface area contributed by atoms with E-state index >= 15 is 0 Å². The van der Waals surface area contributed by atoms with Crippen LogP contribution in [0.3, 0.4) is 0 Å². The highest BCUT2D eigenvalue weighted by Gasteiger charge is 2.34. The van der Waals surface area contributed by atoms with Gasteiger partial charge in [0, 0.05) is 6.42 Å². The summed E-state index contributed by atoms with van der Waals surface area (Å²) in [5, 5.41) is 22.5. The van der Waals surface area contributed by atoms with Gasteiger partial charge in [-0.3, -0.25) is 9.59 Å². The maximum absolute atomic E-state index is 12.2. The fourth-order valence-electron chi connectivity index (χ4n) is 2.77. The van der Waals surface area contributed by atoms with E-state index in [1.807, 2.05) is 42.5 Å². The van der Waals surface area contributed by atoms with E-state index in [0.717, 1.165) is 28.1 Å². The van der Waals surface area contributed by atoms with Gasteiger partial charge in [-0.05, 0) is 28.8 Å². The summed E-state index contributed by atoms with van der Waals surface area (Å²) in [4.78, 5) is 23.7. The highest BCUT2D eigenvalue weighted by Crippen LogP contribution is 2.34. The van der Waals surface area contributed by atoms with Crippen LogP contribution in [0.15, 0.2) is 53.4 Å². The van der Waals surface area contributed by atoms with Gasteiger partial charge in [0.1, 0.15) is 12.0 Å². The molecule has 1 aliphatic heterocycles. The second-order valence-electron chi connectivity index (χ2n) is 5.79. The lowest BCUT2D eigenvalue weighted by atomic mass is 10.0. The number of nitrogens with one attached hydrogen (secondary N) is 1. The number of hydrogen-bond donors (Lipinski definition) is 2. The van der Waals surface area contributed by atoms with Crippen molar-refractivity contribution in [2.75, 3.05) is 0 Å². The summed E-state index contributed by atoms with van der Waals surface area (Å²) < 4.78 is 0. The van der Waals surface area contributed by atoms with Crippen molar-refractivity contribution in [3.8, 4) is 6.07 Å². The topological polar surface area (TPSA) is 90.2 Å². The van der Waals surface area contributed by atoms with Crippen molar-refractivity contribution in [3.63, 3.8) is 0 Å². The van der Waals surface area contributed by atoms with E-state index in [-0.39, 0.29) is 12.3 Å². The molecule has 0 fully saturated rings. The van der Waals surface area contributed by atoms with Gasteiger partial charge >= 0.3 is 5.97 Å². The Bertz CT molecular complexity index is 901. The molecule has 3 rings (SSSR count). The average molecular weight is 352 g/mol. The van der Waals surface area contributed by atoms with Crippen LogP contribution in [0, 0.1) is 17.2 Å². The zero-order chi connectivity index (χ0) is 17.8. The van der Waals surface area contributed by atoms with E-state index < -0.39 is 17.3 Å². The lowest BCUT2D eigenvalue weighted by Gasteiger charge is -2.16. The Labute approximate surface area is 149 Å². The third-order valence-corrected chi connectivity index (χ3v) is 5.21.